The molecule has 5 heteroatoms. The second kappa shape index (κ2) is 9.69. The van der Waals surface area contributed by atoms with E-state index < -0.39 is 0 Å². The molecule has 3 aromatic rings. The number of ether oxygens (including phenoxy) is 1. The minimum atomic E-state index is -0.367. The Labute approximate surface area is 162 Å². The molecule has 0 bridgehead atoms. The molecule has 1 heterocycles. The molecule has 0 radical (unpaired) electrons. The van der Waals surface area contributed by atoms with Crippen LogP contribution in [0.5, 0.6) is 0 Å². The lowest BCUT2D eigenvalue weighted by atomic mass is 10.0. The van der Waals surface area contributed by atoms with Crippen molar-refractivity contribution in [2.45, 2.75) is 19.3 Å². The molecule has 0 aliphatic heterocycles. The molecule has 2 aromatic carbocycles. The molecule has 0 aliphatic rings. The third-order valence-corrected chi connectivity index (χ3v) is 4.82. The highest BCUT2D eigenvalue weighted by Crippen LogP contribution is 2.19. The molecule has 4 nitrogen and oxygen atoms in total. The van der Waals surface area contributed by atoms with Crippen LogP contribution in [0.25, 0.3) is 0 Å². The zero-order chi connectivity index (χ0) is 18.9. The minimum Gasteiger partial charge on any atom is -0.456 e. The Hall–Kier alpha value is -2.92. The molecule has 0 saturated heterocycles. The van der Waals surface area contributed by atoms with Gasteiger partial charge in [0.15, 0.2) is 6.61 Å². The third-order valence-electron chi connectivity index (χ3n) is 4.09. The average Bonchev–Trinajstić information content (AvgIpc) is 3.21. The van der Waals surface area contributed by atoms with Gasteiger partial charge in [0.2, 0.25) is 0 Å². The van der Waals surface area contributed by atoms with Crippen molar-refractivity contribution in [2.24, 2.45) is 0 Å². The Morgan fingerprint density at radius 3 is 2.48 bits per heavy atom. The lowest BCUT2D eigenvalue weighted by Gasteiger charge is -2.11. The number of thiophene rings is 1. The Bertz CT molecular complexity index is 876. The standard InChI is InChI=1S/C22H21NO3S/c24-21(15-26-22(25)11-10-18-12-13-27-16-18)23-20-9-5-4-8-19(20)14-17-6-2-1-3-7-17/h1-9,12-13,16H,10-11,14-15H2,(H,23,24). The molecule has 0 aliphatic carbocycles. The number of benzene rings is 2. The van der Waals surface area contributed by atoms with Crippen molar-refractivity contribution in [3.63, 3.8) is 0 Å². The summed E-state index contributed by atoms with van der Waals surface area (Å²) in [5.41, 5.74) is 4.02. The van der Waals surface area contributed by atoms with Crippen LogP contribution >= 0.6 is 11.3 Å². The fraction of sp³-hybridized carbons (Fsp3) is 0.182. The lowest BCUT2D eigenvalue weighted by Crippen LogP contribution is -2.21. The number of anilines is 1. The van der Waals surface area contributed by atoms with E-state index in [1.807, 2.05) is 71.4 Å². The molecule has 3 rings (SSSR count). The summed E-state index contributed by atoms with van der Waals surface area (Å²) in [4.78, 5) is 24.0. The van der Waals surface area contributed by atoms with Crippen molar-refractivity contribution in [2.75, 3.05) is 11.9 Å². The van der Waals surface area contributed by atoms with Crippen LogP contribution in [0.1, 0.15) is 23.1 Å². The number of hydrogen-bond donors (Lipinski definition) is 1. The van der Waals surface area contributed by atoms with E-state index >= 15 is 0 Å². The highest BCUT2D eigenvalue weighted by Gasteiger charge is 2.10. The molecule has 0 fully saturated rings. The normalized spacial score (nSPS) is 10.4. The van der Waals surface area contributed by atoms with Gasteiger partial charge in [0.25, 0.3) is 5.91 Å². The SMILES string of the molecule is O=C(COC(=O)CCc1ccsc1)Nc1ccccc1Cc1ccccc1. The predicted octanol–water partition coefficient (Wildman–Crippen LogP) is 4.45. The fourth-order valence-electron chi connectivity index (χ4n) is 2.70. The highest BCUT2D eigenvalue weighted by molar-refractivity contribution is 7.07. The largest absolute Gasteiger partial charge is 0.456 e. The van der Waals surface area contributed by atoms with E-state index in [-0.39, 0.29) is 24.9 Å². The van der Waals surface area contributed by atoms with Crippen molar-refractivity contribution in [1.82, 2.24) is 0 Å². The highest BCUT2D eigenvalue weighted by atomic mass is 32.1. The summed E-state index contributed by atoms with van der Waals surface area (Å²) in [6.45, 7) is -0.276. The monoisotopic (exact) mass is 379 g/mol. The van der Waals surface area contributed by atoms with Crippen LogP contribution in [0.2, 0.25) is 0 Å². The van der Waals surface area contributed by atoms with Gasteiger partial charge in [-0.15, -0.1) is 0 Å². The van der Waals surface area contributed by atoms with Gasteiger partial charge in [0, 0.05) is 12.1 Å². The topological polar surface area (TPSA) is 55.4 Å². The number of aryl methyl sites for hydroxylation is 1. The summed E-state index contributed by atoms with van der Waals surface area (Å²) in [6.07, 6.45) is 1.62. The molecule has 0 spiro atoms. The Balaban J connectivity index is 1.49. The molecule has 1 N–H and O–H groups in total. The first-order valence-corrected chi connectivity index (χ1v) is 9.73. The van der Waals surface area contributed by atoms with Crippen LogP contribution in [-0.4, -0.2) is 18.5 Å². The summed E-state index contributed by atoms with van der Waals surface area (Å²) >= 11 is 1.60. The minimum absolute atomic E-state index is 0.272. The lowest BCUT2D eigenvalue weighted by molar-refractivity contribution is -0.147. The van der Waals surface area contributed by atoms with Gasteiger partial charge in [-0.2, -0.15) is 11.3 Å². The van der Waals surface area contributed by atoms with Gasteiger partial charge >= 0.3 is 5.97 Å². The van der Waals surface area contributed by atoms with E-state index in [1.165, 1.54) is 5.56 Å². The van der Waals surface area contributed by atoms with Gasteiger partial charge in [-0.25, -0.2) is 0 Å². The zero-order valence-corrected chi connectivity index (χ0v) is 15.7. The maximum absolute atomic E-state index is 12.2. The fourth-order valence-corrected chi connectivity index (χ4v) is 3.40. The van der Waals surface area contributed by atoms with Gasteiger partial charge in [-0.05, 0) is 52.4 Å². The summed E-state index contributed by atoms with van der Waals surface area (Å²) < 4.78 is 5.08. The Morgan fingerprint density at radius 2 is 1.70 bits per heavy atom. The number of para-hydroxylation sites is 1. The second-order valence-electron chi connectivity index (χ2n) is 6.16. The molecule has 0 saturated carbocycles. The van der Waals surface area contributed by atoms with Crippen LogP contribution < -0.4 is 5.32 Å². The summed E-state index contributed by atoms with van der Waals surface area (Å²) in [5, 5.41) is 6.82. The van der Waals surface area contributed by atoms with Crippen LogP contribution in [0.4, 0.5) is 5.69 Å². The van der Waals surface area contributed by atoms with E-state index in [2.05, 4.69) is 5.32 Å². The number of hydrogen-bond acceptors (Lipinski definition) is 4. The molecule has 0 atom stereocenters. The van der Waals surface area contributed by atoms with Crippen LogP contribution in [-0.2, 0) is 27.2 Å². The van der Waals surface area contributed by atoms with E-state index in [1.54, 1.807) is 11.3 Å². The smallest absolute Gasteiger partial charge is 0.306 e. The first kappa shape index (κ1) is 18.9. The first-order valence-electron chi connectivity index (χ1n) is 8.79. The van der Waals surface area contributed by atoms with Crippen molar-refractivity contribution in [3.8, 4) is 0 Å². The van der Waals surface area contributed by atoms with Gasteiger partial charge in [0.05, 0.1) is 0 Å². The van der Waals surface area contributed by atoms with Gasteiger partial charge in [-0.1, -0.05) is 48.5 Å². The molecule has 138 valence electrons. The second-order valence-corrected chi connectivity index (χ2v) is 6.94. The number of nitrogens with one attached hydrogen (secondary N) is 1. The average molecular weight is 379 g/mol. The van der Waals surface area contributed by atoms with Gasteiger partial charge < -0.3 is 10.1 Å². The summed E-state index contributed by atoms with van der Waals surface area (Å²) in [5.74, 6) is -0.701. The van der Waals surface area contributed by atoms with Gasteiger partial charge in [0.1, 0.15) is 0 Å². The molecule has 0 unspecified atom stereocenters. The maximum Gasteiger partial charge on any atom is 0.306 e. The number of carbonyl (C=O) groups is 2. The van der Waals surface area contributed by atoms with Crippen molar-refractivity contribution in [1.29, 1.82) is 0 Å². The molecular formula is C22H21NO3S. The first-order chi connectivity index (χ1) is 13.2. The maximum atomic E-state index is 12.2. The summed E-state index contributed by atoms with van der Waals surface area (Å²) in [6, 6.07) is 19.7. The van der Waals surface area contributed by atoms with Crippen LogP contribution in [0.15, 0.2) is 71.4 Å². The van der Waals surface area contributed by atoms with Crippen molar-refractivity contribution < 1.29 is 14.3 Å². The number of esters is 1. The number of rotatable bonds is 8. The third kappa shape index (κ3) is 6.08. The molecular weight excluding hydrogens is 358 g/mol. The van der Waals surface area contributed by atoms with Crippen LogP contribution in [0.3, 0.4) is 0 Å². The Morgan fingerprint density at radius 1 is 0.926 bits per heavy atom. The van der Waals surface area contributed by atoms with Crippen molar-refractivity contribution >= 4 is 28.9 Å². The number of amides is 1. The number of carbonyl (C=O) groups excluding carboxylic acids is 2. The van der Waals surface area contributed by atoms with Crippen LogP contribution in [0, 0.1) is 0 Å². The molecule has 1 aromatic heterocycles. The van der Waals surface area contributed by atoms with E-state index in [0.717, 1.165) is 23.2 Å². The Kier molecular flexibility index (Phi) is 6.77. The van der Waals surface area contributed by atoms with E-state index in [4.69, 9.17) is 4.74 Å². The zero-order valence-electron chi connectivity index (χ0n) is 14.9. The quantitative estimate of drug-likeness (QED) is 0.588. The molecule has 1 amide bonds. The molecule has 27 heavy (non-hydrogen) atoms. The summed E-state index contributed by atoms with van der Waals surface area (Å²) in [7, 11) is 0. The van der Waals surface area contributed by atoms with E-state index in [0.29, 0.717) is 6.42 Å². The van der Waals surface area contributed by atoms with Gasteiger partial charge in [-0.3, -0.25) is 9.59 Å². The van der Waals surface area contributed by atoms with E-state index in [9.17, 15) is 9.59 Å². The van der Waals surface area contributed by atoms with Crippen molar-refractivity contribution in [3.05, 3.63) is 88.1 Å². The predicted molar refractivity (Wildman–Crippen MR) is 108 cm³/mol.